The van der Waals surface area contributed by atoms with Gasteiger partial charge in [-0.15, -0.1) is 22.7 Å². The monoisotopic (exact) mass is 516 g/mol. The number of thiazole rings is 2. The predicted molar refractivity (Wildman–Crippen MR) is 142 cm³/mol. The summed E-state index contributed by atoms with van der Waals surface area (Å²) in [6.07, 6.45) is 0.405. The van der Waals surface area contributed by atoms with Gasteiger partial charge in [-0.25, -0.2) is 9.97 Å². The van der Waals surface area contributed by atoms with Crippen LogP contribution in [0.5, 0.6) is 0 Å². The number of carbonyl (C=O) groups is 2. The van der Waals surface area contributed by atoms with E-state index in [-0.39, 0.29) is 12.1 Å². The first kappa shape index (κ1) is 23.5. The number of carboxylic acids is 1. The summed E-state index contributed by atoms with van der Waals surface area (Å²) in [4.78, 5) is 34.2. The zero-order valence-electron chi connectivity index (χ0n) is 19.1. The van der Waals surface area contributed by atoms with Gasteiger partial charge in [-0.2, -0.15) is 15.2 Å². The second kappa shape index (κ2) is 10.2. The number of hydrogen-bond acceptors (Lipinski definition) is 9. The van der Waals surface area contributed by atoms with Gasteiger partial charge in [0.25, 0.3) is 0 Å². The average molecular weight is 517 g/mol. The highest BCUT2D eigenvalue weighted by Crippen LogP contribution is 2.30. The highest BCUT2D eigenvalue weighted by atomic mass is 32.1. The van der Waals surface area contributed by atoms with Crippen LogP contribution < -0.4 is 10.4 Å². The molecule has 2 N–H and O–H groups in total. The molecule has 3 heterocycles. The Hall–Kier alpha value is -4.22. The van der Waals surface area contributed by atoms with Crippen molar-refractivity contribution in [2.24, 2.45) is 10.2 Å². The van der Waals surface area contributed by atoms with E-state index in [9.17, 15) is 9.59 Å². The van der Waals surface area contributed by atoms with E-state index in [1.165, 1.54) is 27.7 Å². The molecular weight excluding hydrogens is 496 g/mol. The van der Waals surface area contributed by atoms with Crippen molar-refractivity contribution in [3.05, 3.63) is 82.2 Å². The van der Waals surface area contributed by atoms with Crippen LogP contribution in [0.2, 0.25) is 0 Å². The van der Waals surface area contributed by atoms with E-state index in [1.807, 2.05) is 73.0 Å². The molecule has 5 rings (SSSR count). The molecule has 1 aliphatic rings. The Morgan fingerprint density at radius 1 is 1.06 bits per heavy atom. The number of nitrogens with one attached hydrogen (secondary N) is 1. The van der Waals surface area contributed by atoms with Crippen LogP contribution in [0.3, 0.4) is 0 Å². The minimum Gasteiger partial charge on any atom is -0.481 e. The van der Waals surface area contributed by atoms with Crippen molar-refractivity contribution in [2.45, 2.75) is 19.8 Å². The minimum atomic E-state index is -0.865. The van der Waals surface area contributed by atoms with Crippen molar-refractivity contribution < 1.29 is 14.7 Å². The molecular formula is C25H20N6O3S2. The summed E-state index contributed by atoms with van der Waals surface area (Å²) in [7, 11) is 0. The molecule has 0 saturated carbocycles. The van der Waals surface area contributed by atoms with Gasteiger partial charge in [-0.1, -0.05) is 60.7 Å². The lowest BCUT2D eigenvalue weighted by atomic mass is 10.1. The molecule has 1 amide bonds. The van der Waals surface area contributed by atoms with Crippen molar-refractivity contribution >= 4 is 56.2 Å². The quantitative estimate of drug-likeness (QED) is 0.324. The molecule has 1 aliphatic heterocycles. The third kappa shape index (κ3) is 4.92. The van der Waals surface area contributed by atoms with Crippen LogP contribution in [0.25, 0.3) is 11.3 Å². The summed E-state index contributed by atoms with van der Waals surface area (Å²) >= 11 is 2.64. The van der Waals surface area contributed by atoms with Gasteiger partial charge >= 0.3 is 11.9 Å². The molecule has 2 aromatic carbocycles. The second-order valence-corrected chi connectivity index (χ2v) is 9.73. The lowest BCUT2D eigenvalue weighted by molar-refractivity contribution is -0.136. The van der Waals surface area contributed by atoms with Crippen molar-refractivity contribution in [1.82, 2.24) is 9.97 Å². The SMILES string of the molecule is Cc1nc(N/N=C2\C(=O)N(c3nc(-c4ccccc4)cs3)N=C2c2ccccc2)sc1CCC(=O)O. The Morgan fingerprint density at radius 3 is 2.44 bits per heavy atom. The number of carboxylic acid groups (broad SMARTS) is 1. The Bertz CT molecular complexity index is 1480. The summed E-state index contributed by atoms with van der Waals surface area (Å²) in [5.74, 6) is -1.27. The fourth-order valence-electron chi connectivity index (χ4n) is 3.55. The first-order valence-electron chi connectivity index (χ1n) is 11.0. The fraction of sp³-hybridized carbons (Fsp3) is 0.120. The predicted octanol–water partition coefficient (Wildman–Crippen LogP) is 4.81. The van der Waals surface area contributed by atoms with E-state index >= 15 is 0 Å². The maximum atomic E-state index is 13.4. The Labute approximate surface area is 214 Å². The summed E-state index contributed by atoms with van der Waals surface area (Å²) in [6, 6.07) is 19.1. The average Bonchev–Trinajstić information content (AvgIpc) is 3.60. The molecule has 0 fully saturated rings. The Morgan fingerprint density at radius 2 is 1.75 bits per heavy atom. The lowest BCUT2D eigenvalue weighted by Gasteiger charge is -2.06. The van der Waals surface area contributed by atoms with Crippen LogP contribution in [-0.4, -0.2) is 38.4 Å². The van der Waals surface area contributed by atoms with Crippen LogP contribution in [0.1, 0.15) is 22.6 Å². The zero-order chi connectivity index (χ0) is 25.1. The standard InChI is InChI=1S/C25H20N6O3S2/c1-15-19(12-13-20(32)33)36-24(26-15)29-28-22-21(17-10-6-3-7-11-17)30-31(23(22)34)25-27-18(14-35-25)16-8-4-2-5-9-16/h2-11,14H,12-13H2,1H3,(H,26,29)(H,32,33)/b28-22-. The van der Waals surface area contributed by atoms with Gasteiger partial charge in [0, 0.05) is 21.4 Å². The maximum Gasteiger partial charge on any atom is 0.303 e. The van der Waals surface area contributed by atoms with Crippen LogP contribution in [0.15, 0.2) is 76.2 Å². The molecule has 180 valence electrons. The van der Waals surface area contributed by atoms with Crippen molar-refractivity contribution in [3.8, 4) is 11.3 Å². The lowest BCUT2D eigenvalue weighted by Crippen LogP contribution is -2.28. The summed E-state index contributed by atoms with van der Waals surface area (Å²) in [5.41, 5.74) is 6.61. The number of amides is 1. The third-order valence-corrected chi connectivity index (χ3v) is 7.27. The largest absolute Gasteiger partial charge is 0.481 e. The van der Waals surface area contributed by atoms with Crippen molar-refractivity contribution in [1.29, 1.82) is 0 Å². The van der Waals surface area contributed by atoms with Gasteiger partial charge < -0.3 is 5.11 Å². The maximum absolute atomic E-state index is 13.4. The number of aromatic nitrogens is 2. The topological polar surface area (TPSA) is 120 Å². The van der Waals surface area contributed by atoms with E-state index in [0.29, 0.717) is 22.4 Å². The van der Waals surface area contributed by atoms with Gasteiger partial charge in [0.05, 0.1) is 17.8 Å². The summed E-state index contributed by atoms with van der Waals surface area (Å²) in [5, 5.41) is 22.0. The van der Waals surface area contributed by atoms with Gasteiger partial charge in [-0.05, 0) is 13.3 Å². The van der Waals surface area contributed by atoms with E-state index in [2.05, 4.69) is 25.6 Å². The molecule has 2 aromatic heterocycles. The van der Waals surface area contributed by atoms with E-state index < -0.39 is 11.9 Å². The number of aryl methyl sites for hydroxylation is 2. The minimum absolute atomic E-state index is 0.0219. The molecule has 0 saturated heterocycles. The Balaban J connectivity index is 1.44. The molecule has 0 radical (unpaired) electrons. The van der Waals surface area contributed by atoms with Crippen LogP contribution in [0.4, 0.5) is 10.3 Å². The molecule has 0 bridgehead atoms. The number of hydrogen-bond donors (Lipinski definition) is 2. The highest BCUT2D eigenvalue weighted by Gasteiger charge is 2.36. The number of aliphatic carboxylic acids is 1. The molecule has 36 heavy (non-hydrogen) atoms. The van der Waals surface area contributed by atoms with Crippen LogP contribution in [0, 0.1) is 6.92 Å². The number of hydrazone groups is 2. The number of benzene rings is 2. The van der Waals surface area contributed by atoms with E-state index in [0.717, 1.165) is 27.4 Å². The fourth-order valence-corrected chi connectivity index (χ4v) is 5.24. The number of rotatable bonds is 8. The normalized spacial score (nSPS) is 14.4. The smallest absolute Gasteiger partial charge is 0.303 e. The van der Waals surface area contributed by atoms with Gasteiger partial charge in [0.15, 0.2) is 5.71 Å². The van der Waals surface area contributed by atoms with Gasteiger partial charge in [0.1, 0.15) is 5.71 Å². The number of carbonyl (C=O) groups excluding carboxylic acids is 1. The van der Waals surface area contributed by atoms with Gasteiger partial charge in [-0.3, -0.25) is 15.0 Å². The van der Waals surface area contributed by atoms with E-state index in [1.54, 1.807) is 0 Å². The molecule has 4 aromatic rings. The summed E-state index contributed by atoms with van der Waals surface area (Å²) in [6.45, 7) is 1.82. The first-order chi connectivity index (χ1) is 17.5. The van der Waals surface area contributed by atoms with Crippen LogP contribution in [-0.2, 0) is 16.0 Å². The molecule has 0 unspecified atom stereocenters. The van der Waals surface area contributed by atoms with Crippen molar-refractivity contribution in [2.75, 3.05) is 10.4 Å². The number of anilines is 2. The van der Waals surface area contributed by atoms with Crippen molar-refractivity contribution in [3.63, 3.8) is 0 Å². The molecule has 0 spiro atoms. The zero-order valence-corrected chi connectivity index (χ0v) is 20.7. The molecule has 0 atom stereocenters. The Kier molecular flexibility index (Phi) is 6.65. The third-order valence-electron chi connectivity index (χ3n) is 5.33. The first-order valence-corrected chi connectivity index (χ1v) is 12.7. The van der Waals surface area contributed by atoms with E-state index in [4.69, 9.17) is 5.11 Å². The highest BCUT2D eigenvalue weighted by molar-refractivity contribution is 7.15. The summed E-state index contributed by atoms with van der Waals surface area (Å²) < 4.78 is 0. The molecule has 9 nitrogen and oxygen atoms in total. The molecule has 11 heteroatoms. The van der Waals surface area contributed by atoms with Gasteiger partial charge in [0.2, 0.25) is 10.3 Å². The molecule has 0 aliphatic carbocycles. The van der Waals surface area contributed by atoms with Crippen LogP contribution >= 0.6 is 22.7 Å². The second-order valence-electron chi connectivity index (χ2n) is 7.81. The number of nitrogens with zero attached hydrogens (tertiary/aromatic N) is 5.